The van der Waals surface area contributed by atoms with Gasteiger partial charge in [-0.3, -0.25) is 4.74 Å². The molecule has 0 aromatic carbocycles. The highest BCUT2D eigenvalue weighted by Gasteiger charge is 2.36. The zero-order valence-electron chi connectivity index (χ0n) is 9.64. The monoisotopic (exact) mass is 260 g/mol. The summed E-state index contributed by atoms with van der Waals surface area (Å²) in [6.45, 7) is -2.61. The first-order chi connectivity index (χ1) is 8.51. The summed E-state index contributed by atoms with van der Waals surface area (Å²) in [6, 6.07) is 0. The van der Waals surface area contributed by atoms with Gasteiger partial charge in [0.2, 0.25) is 0 Å². The Morgan fingerprint density at radius 1 is 1.56 bits per heavy atom. The molecule has 0 radical (unpaired) electrons. The molecule has 0 saturated heterocycles. The van der Waals surface area contributed by atoms with Gasteiger partial charge in [0.15, 0.2) is 5.79 Å². The summed E-state index contributed by atoms with van der Waals surface area (Å²) in [5, 5.41) is 8.77. The third-order valence-corrected chi connectivity index (χ3v) is 2.92. The maximum absolute atomic E-state index is 12.4. The van der Waals surface area contributed by atoms with Gasteiger partial charge >= 0.3 is 12.6 Å². The van der Waals surface area contributed by atoms with Crippen LogP contribution in [-0.2, 0) is 14.3 Å². The van der Waals surface area contributed by atoms with E-state index in [4.69, 9.17) is 9.84 Å². The predicted octanol–water partition coefficient (Wildman–Crippen LogP) is 2.32. The van der Waals surface area contributed by atoms with E-state index in [-0.39, 0.29) is 12.0 Å². The molecule has 6 heteroatoms. The number of alkyl halides is 2. The smallest absolute Gasteiger partial charge is 0.347 e. The van der Waals surface area contributed by atoms with Crippen LogP contribution in [0.2, 0.25) is 0 Å². The van der Waals surface area contributed by atoms with Gasteiger partial charge in [0.25, 0.3) is 0 Å². The van der Waals surface area contributed by atoms with Crippen LogP contribution in [0.3, 0.4) is 0 Å². The van der Waals surface area contributed by atoms with Crippen LogP contribution in [0.4, 0.5) is 8.78 Å². The van der Waals surface area contributed by atoms with Crippen LogP contribution in [0.15, 0.2) is 23.8 Å². The van der Waals surface area contributed by atoms with Crippen LogP contribution >= 0.6 is 0 Å². The van der Waals surface area contributed by atoms with E-state index in [9.17, 15) is 13.6 Å². The number of carbonyl (C=O) groups is 1. The molecule has 0 spiro atoms. The van der Waals surface area contributed by atoms with Gasteiger partial charge in [0, 0.05) is 6.42 Å². The number of carboxylic acids is 1. The van der Waals surface area contributed by atoms with Crippen molar-refractivity contribution < 1.29 is 28.2 Å². The van der Waals surface area contributed by atoms with Crippen molar-refractivity contribution in [2.24, 2.45) is 5.92 Å². The molecule has 0 amide bonds. The van der Waals surface area contributed by atoms with Crippen LogP contribution in [0, 0.1) is 5.92 Å². The highest BCUT2D eigenvalue weighted by atomic mass is 19.3. The Morgan fingerprint density at radius 3 is 2.72 bits per heavy atom. The zero-order valence-corrected chi connectivity index (χ0v) is 9.64. The van der Waals surface area contributed by atoms with Crippen molar-refractivity contribution >= 4 is 5.97 Å². The average molecular weight is 260 g/mol. The quantitative estimate of drug-likeness (QED) is 0.745. The summed E-state index contributed by atoms with van der Waals surface area (Å²) in [5.41, 5.74) is 0.0542. The van der Waals surface area contributed by atoms with Crippen molar-refractivity contribution in [3.8, 4) is 0 Å². The normalized spacial score (nSPS) is 27.4. The van der Waals surface area contributed by atoms with E-state index in [0.717, 1.165) is 12.8 Å². The molecule has 0 aromatic heterocycles. The molecule has 2 aliphatic carbocycles. The second-order valence-electron chi connectivity index (χ2n) is 4.45. The molecule has 0 bridgehead atoms. The van der Waals surface area contributed by atoms with Crippen molar-refractivity contribution in [2.75, 3.05) is 6.61 Å². The number of ether oxygens (including phenoxy) is 2. The molecule has 18 heavy (non-hydrogen) atoms. The first-order valence-electron chi connectivity index (χ1n) is 5.73. The van der Waals surface area contributed by atoms with Crippen molar-refractivity contribution in [1.29, 1.82) is 0 Å². The highest BCUT2D eigenvalue weighted by Crippen LogP contribution is 2.34. The first kappa shape index (κ1) is 13.2. The topological polar surface area (TPSA) is 55.8 Å². The van der Waals surface area contributed by atoms with Crippen LogP contribution in [0.25, 0.3) is 0 Å². The summed E-state index contributed by atoms with van der Waals surface area (Å²) < 4.78 is 34.7. The largest absolute Gasteiger partial charge is 0.478 e. The van der Waals surface area contributed by atoms with Gasteiger partial charge in [-0.2, -0.15) is 8.78 Å². The van der Waals surface area contributed by atoms with E-state index >= 15 is 0 Å². The number of carboxylic acid groups (broad SMARTS) is 1. The molecule has 1 atom stereocenters. The lowest BCUT2D eigenvalue weighted by molar-refractivity contribution is -0.289. The van der Waals surface area contributed by atoms with E-state index in [1.165, 1.54) is 18.2 Å². The summed E-state index contributed by atoms with van der Waals surface area (Å²) in [7, 11) is 0. The molecular weight excluding hydrogens is 246 g/mol. The molecule has 2 rings (SSSR count). The minimum atomic E-state index is -2.96. The van der Waals surface area contributed by atoms with Gasteiger partial charge in [-0.1, -0.05) is 6.08 Å². The Labute approximate surface area is 103 Å². The van der Waals surface area contributed by atoms with E-state index in [1.54, 1.807) is 0 Å². The molecule has 1 fully saturated rings. The fourth-order valence-electron chi connectivity index (χ4n) is 1.69. The zero-order chi connectivity index (χ0) is 13.2. The number of aliphatic carboxylic acids is 1. The van der Waals surface area contributed by atoms with Crippen LogP contribution in [0.5, 0.6) is 0 Å². The number of hydrogen-bond acceptors (Lipinski definition) is 3. The number of halogens is 2. The standard InChI is InChI=1S/C12H14F2O4/c13-11(14)18-12(17-7-8-1-2-8)5-3-9(4-6-12)10(15)16/h3-5,8,11H,1-2,6-7H2,(H,15,16). The van der Waals surface area contributed by atoms with Crippen LogP contribution < -0.4 is 0 Å². The van der Waals surface area contributed by atoms with E-state index < -0.39 is 18.4 Å². The minimum Gasteiger partial charge on any atom is -0.478 e. The average Bonchev–Trinajstić information content (AvgIpc) is 3.10. The van der Waals surface area contributed by atoms with Crippen molar-refractivity contribution in [3.05, 3.63) is 23.8 Å². The molecule has 0 aromatic rings. The van der Waals surface area contributed by atoms with Gasteiger partial charge in [-0.25, -0.2) is 4.79 Å². The van der Waals surface area contributed by atoms with Gasteiger partial charge in [-0.05, 0) is 30.9 Å². The van der Waals surface area contributed by atoms with Crippen molar-refractivity contribution in [2.45, 2.75) is 31.7 Å². The van der Waals surface area contributed by atoms with Gasteiger partial charge in [-0.15, -0.1) is 0 Å². The minimum absolute atomic E-state index is 0.0256. The highest BCUT2D eigenvalue weighted by molar-refractivity contribution is 5.90. The Balaban J connectivity index is 2.02. The second kappa shape index (κ2) is 5.16. The molecule has 1 N–H and O–H groups in total. The SMILES string of the molecule is O=C(O)C1=CCC(OCC2CC2)(OC(F)F)C=C1. The Bertz CT molecular complexity index is 388. The third-order valence-electron chi connectivity index (χ3n) is 2.92. The first-order valence-corrected chi connectivity index (χ1v) is 5.73. The van der Waals surface area contributed by atoms with Crippen molar-refractivity contribution in [3.63, 3.8) is 0 Å². The summed E-state index contributed by atoms with van der Waals surface area (Å²) in [6.07, 6.45) is 5.86. The van der Waals surface area contributed by atoms with Crippen molar-refractivity contribution in [1.82, 2.24) is 0 Å². The summed E-state index contributed by atoms with van der Waals surface area (Å²) in [4.78, 5) is 10.7. The Kier molecular flexibility index (Phi) is 3.77. The lowest BCUT2D eigenvalue weighted by atomic mass is 10.0. The Morgan fingerprint density at radius 2 is 2.28 bits per heavy atom. The summed E-state index contributed by atoms with van der Waals surface area (Å²) in [5.74, 6) is -2.23. The van der Waals surface area contributed by atoms with Gasteiger partial charge in [0.1, 0.15) is 0 Å². The maximum atomic E-state index is 12.4. The van der Waals surface area contributed by atoms with Crippen LogP contribution in [-0.4, -0.2) is 30.1 Å². The molecule has 0 aliphatic heterocycles. The van der Waals surface area contributed by atoms with E-state index in [2.05, 4.69) is 4.74 Å². The predicted molar refractivity (Wildman–Crippen MR) is 58.0 cm³/mol. The molecule has 4 nitrogen and oxygen atoms in total. The molecular formula is C12H14F2O4. The lowest BCUT2D eigenvalue weighted by Gasteiger charge is -2.31. The lowest BCUT2D eigenvalue weighted by Crippen LogP contribution is -2.37. The molecule has 2 aliphatic rings. The summed E-state index contributed by atoms with van der Waals surface area (Å²) >= 11 is 0. The second-order valence-corrected chi connectivity index (χ2v) is 4.45. The fourth-order valence-corrected chi connectivity index (χ4v) is 1.69. The van der Waals surface area contributed by atoms with Gasteiger partial charge in [0.05, 0.1) is 12.2 Å². The number of hydrogen-bond donors (Lipinski definition) is 1. The fraction of sp³-hybridized carbons (Fsp3) is 0.583. The molecule has 100 valence electrons. The van der Waals surface area contributed by atoms with Crippen LogP contribution in [0.1, 0.15) is 19.3 Å². The maximum Gasteiger partial charge on any atom is 0.347 e. The Hall–Kier alpha value is -1.27. The number of rotatable bonds is 6. The van der Waals surface area contributed by atoms with E-state index in [1.807, 2.05) is 0 Å². The third kappa shape index (κ3) is 3.36. The van der Waals surface area contributed by atoms with E-state index in [0.29, 0.717) is 12.5 Å². The molecule has 1 unspecified atom stereocenters. The molecule has 1 saturated carbocycles. The molecule has 0 heterocycles. The van der Waals surface area contributed by atoms with Gasteiger partial charge < -0.3 is 9.84 Å².